The Morgan fingerprint density at radius 2 is 1.93 bits per heavy atom. The number of aromatic nitrogens is 1. The van der Waals surface area contributed by atoms with Crippen LogP contribution in [-0.4, -0.2) is 41.0 Å². The van der Waals surface area contributed by atoms with Crippen LogP contribution in [0.25, 0.3) is 11.5 Å². The Hall–Kier alpha value is -2.50. The number of halogens is 1. The molecule has 0 spiro atoms. The van der Waals surface area contributed by atoms with E-state index in [0.717, 1.165) is 43.9 Å². The van der Waals surface area contributed by atoms with Gasteiger partial charge in [-0.15, -0.1) is 0 Å². The van der Waals surface area contributed by atoms with Crippen LogP contribution in [0.15, 0.2) is 65.3 Å². The van der Waals surface area contributed by atoms with Gasteiger partial charge in [-0.25, -0.2) is 9.37 Å². The zero-order chi connectivity index (χ0) is 18.6. The lowest BCUT2D eigenvalue weighted by Crippen LogP contribution is -2.34. The number of nitrogens with zero attached hydrogens (tertiary/aromatic N) is 3. The Morgan fingerprint density at radius 1 is 1.15 bits per heavy atom. The van der Waals surface area contributed by atoms with Crippen molar-refractivity contribution >= 4 is 0 Å². The van der Waals surface area contributed by atoms with E-state index in [1.54, 1.807) is 18.4 Å². The molecule has 0 N–H and O–H groups in total. The summed E-state index contributed by atoms with van der Waals surface area (Å²) in [6, 6.07) is 17.3. The van der Waals surface area contributed by atoms with Crippen LogP contribution in [-0.2, 0) is 13.1 Å². The zero-order valence-corrected chi connectivity index (χ0v) is 15.5. The molecule has 140 valence electrons. The van der Waals surface area contributed by atoms with Crippen molar-refractivity contribution < 1.29 is 8.81 Å². The number of likely N-dealkylation sites (tertiary alicyclic amines) is 1. The first-order valence-corrected chi connectivity index (χ1v) is 9.34. The van der Waals surface area contributed by atoms with Gasteiger partial charge in [-0.05, 0) is 43.3 Å². The number of benzene rings is 2. The van der Waals surface area contributed by atoms with Gasteiger partial charge in [-0.2, -0.15) is 0 Å². The molecule has 1 atom stereocenters. The monoisotopic (exact) mass is 365 g/mol. The Labute approximate surface area is 159 Å². The molecule has 0 bridgehead atoms. The molecule has 1 fully saturated rings. The van der Waals surface area contributed by atoms with E-state index in [0.29, 0.717) is 11.9 Å². The number of hydrogen-bond acceptors (Lipinski definition) is 4. The van der Waals surface area contributed by atoms with E-state index in [1.165, 1.54) is 17.7 Å². The van der Waals surface area contributed by atoms with E-state index in [1.807, 2.05) is 0 Å². The van der Waals surface area contributed by atoms with Crippen molar-refractivity contribution in [3.63, 3.8) is 0 Å². The second kappa shape index (κ2) is 8.03. The molecule has 1 saturated heterocycles. The predicted molar refractivity (Wildman–Crippen MR) is 103 cm³/mol. The van der Waals surface area contributed by atoms with Crippen LogP contribution in [0.3, 0.4) is 0 Å². The molecule has 1 aromatic heterocycles. The van der Waals surface area contributed by atoms with Crippen LogP contribution < -0.4 is 0 Å². The first-order valence-electron chi connectivity index (χ1n) is 9.34. The summed E-state index contributed by atoms with van der Waals surface area (Å²) < 4.78 is 18.6. The molecule has 2 aromatic carbocycles. The molecule has 0 aliphatic carbocycles. The summed E-state index contributed by atoms with van der Waals surface area (Å²) >= 11 is 0. The fourth-order valence-corrected chi connectivity index (χ4v) is 3.65. The standard InChI is InChI=1S/C22H24FN3O/c1-25(21-11-12-26(15-21)13-17-5-3-2-4-6-17)14-20-16-27-22(24-20)18-7-9-19(23)10-8-18/h2-10,16,21H,11-15H2,1H3. The lowest BCUT2D eigenvalue weighted by atomic mass is 10.2. The molecule has 2 heterocycles. The third-order valence-electron chi connectivity index (χ3n) is 5.17. The van der Waals surface area contributed by atoms with Crippen molar-refractivity contribution in [3.05, 3.63) is 77.9 Å². The Bertz CT molecular complexity index is 863. The Kier molecular flexibility index (Phi) is 5.32. The molecule has 0 radical (unpaired) electrons. The maximum absolute atomic E-state index is 13.1. The number of oxazole rings is 1. The summed E-state index contributed by atoms with van der Waals surface area (Å²) in [4.78, 5) is 9.41. The lowest BCUT2D eigenvalue weighted by Gasteiger charge is -2.23. The minimum atomic E-state index is -0.258. The summed E-state index contributed by atoms with van der Waals surface area (Å²) in [6.45, 7) is 3.93. The summed E-state index contributed by atoms with van der Waals surface area (Å²) in [5, 5.41) is 0. The van der Waals surface area contributed by atoms with Crippen molar-refractivity contribution in [1.29, 1.82) is 0 Å². The van der Waals surface area contributed by atoms with E-state index < -0.39 is 0 Å². The third-order valence-corrected chi connectivity index (χ3v) is 5.17. The second-order valence-corrected chi connectivity index (χ2v) is 7.23. The maximum Gasteiger partial charge on any atom is 0.226 e. The minimum absolute atomic E-state index is 0.258. The summed E-state index contributed by atoms with van der Waals surface area (Å²) in [5.74, 6) is 0.280. The number of hydrogen-bond donors (Lipinski definition) is 0. The van der Waals surface area contributed by atoms with Gasteiger partial charge in [-0.3, -0.25) is 9.80 Å². The van der Waals surface area contributed by atoms with Crippen molar-refractivity contribution in [3.8, 4) is 11.5 Å². The molecule has 3 aromatic rings. The molecule has 4 nitrogen and oxygen atoms in total. The van der Waals surface area contributed by atoms with Gasteiger partial charge in [0.2, 0.25) is 5.89 Å². The molecule has 1 aliphatic heterocycles. The van der Waals surface area contributed by atoms with E-state index in [4.69, 9.17) is 4.42 Å². The van der Waals surface area contributed by atoms with E-state index in [-0.39, 0.29) is 5.82 Å². The highest BCUT2D eigenvalue weighted by molar-refractivity contribution is 5.52. The second-order valence-electron chi connectivity index (χ2n) is 7.23. The largest absolute Gasteiger partial charge is 0.444 e. The Balaban J connectivity index is 1.33. The first kappa shape index (κ1) is 17.9. The minimum Gasteiger partial charge on any atom is -0.444 e. The highest BCUT2D eigenvalue weighted by Crippen LogP contribution is 2.22. The van der Waals surface area contributed by atoms with E-state index in [9.17, 15) is 4.39 Å². The maximum atomic E-state index is 13.1. The van der Waals surface area contributed by atoms with E-state index in [2.05, 4.69) is 52.2 Å². The van der Waals surface area contributed by atoms with Crippen LogP contribution in [0.4, 0.5) is 4.39 Å². The van der Waals surface area contributed by atoms with Gasteiger partial charge in [0, 0.05) is 37.8 Å². The summed E-state index contributed by atoms with van der Waals surface area (Å²) in [6.07, 6.45) is 2.86. The average molecular weight is 365 g/mol. The molecule has 4 rings (SSSR count). The molecule has 1 unspecified atom stereocenters. The van der Waals surface area contributed by atoms with Gasteiger partial charge in [0.25, 0.3) is 0 Å². The number of likely N-dealkylation sites (N-methyl/N-ethyl adjacent to an activating group) is 1. The van der Waals surface area contributed by atoms with Crippen LogP contribution in [0.2, 0.25) is 0 Å². The van der Waals surface area contributed by atoms with Crippen molar-refractivity contribution in [2.24, 2.45) is 0 Å². The molecular weight excluding hydrogens is 341 g/mol. The van der Waals surface area contributed by atoms with Crippen molar-refractivity contribution in [1.82, 2.24) is 14.8 Å². The molecular formula is C22H24FN3O. The number of rotatable bonds is 6. The summed E-state index contributed by atoms with van der Waals surface area (Å²) in [7, 11) is 2.14. The van der Waals surface area contributed by atoms with Crippen LogP contribution in [0.1, 0.15) is 17.7 Å². The first-order chi connectivity index (χ1) is 13.2. The fraction of sp³-hybridized carbons (Fsp3) is 0.318. The van der Waals surface area contributed by atoms with Gasteiger partial charge in [0.15, 0.2) is 0 Å². The van der Waals surface area contributed by atoms with Gasteiger partial charge >= 0.3 is 0 Å². The highest BCUT2D eigenvalue weighted by atomic mass is 19.1. The van der Waals surface area contributed by atoms with Crippen LogP contribution in [0.5, 0.6) is 0 Å². The zero-order valence-electron chi connectivity index (χ0n) is 15.5. The molecule has 27 heavy (non-hydrogen) atoms. The van der Waals surface area contributed by atoms with E-state index >= 15 is 0 Å². The highest BCUT2D eigenvalue weighted by Gasteiger charge is 2.26. The molecule has 5 heteroatoms. The summed E-state index contributed by atoms with van der Waals surface area (Å²) in [5.41, 5.74) is 3.06. The smallest absolute Gasteiger partial charge is 0.226 e. The van der Waals surface area contributed by atoms with Crippen molar-refractivity contribution in [2.75, 3.05) is 20.1 Å². The van der Waals surface area contributed by atoms with Gasteiger partial charge in [-0.1, -0.05) is 30.3 Å². The third kappa shape index (κ3) is 4.43. The SMILES string of the molecule is CN(Cc1coc(-c2ccc(F)cc2)n1)C1CCN(Cc2ccccc2)C1. The normalized spacial score (nSPS) is 17.7. The fourth-order valence-electron chi connectivity index (χ4n) is 3.65. The Morgan fingerprint density at radius 3 is 2.70 bits per heavy atom. The van der Waals surface area contributed by atoms with Gasteiger partial charge in [0.05, 0.1) is 5.69 Å². The van der Waals surface area contributed by atoms with Gasteiger partial charge < -0.3 is 4.42 Å². The average Bonchev–Trinajstić information content (AvgIpc) is 3.33. The van der Waals surface area contributed by atoms with Crippen LogP contribution in [0, 0.1) is 5.82 Å². The molecule has 1 aliphatic rings. The predicted octanol–water partition coefficient (Wildman–Crippen LogP) is 4.19. The quantitative estimate of drug-likeness (QED) is 0.656. The van der Waals surface area contributed by atoms with Crippen LogP contribution >= 0.6 is 0 Å². The molecule has 0 saturated carbocycles. The topological polar surface area (TPSA) is 32.5 Å². The van der Waals surface area contributed by atoms with Gasteiger partial charge in [0.1, 0.15) is 12.1 Å². The van der Waals surface area contributed by atoms with Crippen molar-refractivity contribution in [2.45, 2.75) is 25.6 Å². The lowest BCUT2D eigenvalue weighted by molar-refractivity contribution is 0.220. The molecule has 0 amide bonds.